The highest BCUT2D eigenvalue weighted by atomic mass is 35.5. The zero-order valence-electron chi connectivity index (χ0n) is 6.36. The molecule has 0 aromatic rings. The van der Waals surface area contributed by atoms with Crippen LogP contribution in [0.5, 0.6) is 0 Å². The topological polar surface area (TPSA) is 34.1 Å². The molecule has 0 aliphatic carbocycles. The summed E-state index contributed by atoms with van der Waals surface area (Å²) in [5, 5.41) is 1.17. The Balaban J connectivity index is 4.41. The summed E-state index contributed by atoms with van der Waals surface area (Å²) in [6, 6.07) is 0. The third-order valence-corrected chi connectivity index (χ3v) is 2.24. The summed E-state index contributed by atoms with van der Waals surface area (Å²) in [6.45, 7) is 0. The van der Waals surface area contributed by atoms with Crippen molar-refractivity contribution in [1.82, 2.24) is 0 Å². The minimum Gasteiger partial charge on any atom is -0.206 e. The van der Waals surface area contributed by atoms with Crippen molar-refractivity contribution in [2.45, 2.75) is 18.3 Å². The van der Waals surface area contributed by atoms with E-state index in [1.807, 2.05) is 5.92 Å². The summed E-state index contributed by atoms with van der Waals surface area (Å²) in [5.74, 6) is 2.13. The van der Waals surface area contributed by atoms with Gasteiger partial charge in [0.05, 0.1) is 0 Å². The first-order chi connectivity index (χ1) is 5.81. The van der Waals surface area contributed by atoms with E-state index in [1.54, 1.807) is 0 Å². The van der Waals surface area contributed by atoms with Gasteiger partial charge in [0, 0.05) is 17.6 Å². The molecule has 2 nitrogen and oxygen atoms in total. The molecule has 76 valence electrons. The van der Waals surface area contributed by atoms with E-state index in [-0.39, 0.29) is 12.3 Å². The lowest BCUT2D eigenvalue weighted by molar-refractivity contribution is -0.0420. The standard InChI is InChI=1S/C6H6ClF3O2S/c7-4-2-1-3-5-13(11,12)6(8,9)10/h1-2,4H2. The van der Waals surface area contributed by atoms with Crippen molar-refractivity contribution in [2.24, 2.45) is 0 Å². The highest BCUT2D eigenvalue weighted by Gasteiger charge is 2.44. The van der Waals surface area contributed by atoms with Gasteiger partial charge in [0.25, 0.3) is 0 Å². The maximum atomic E-state index is 11.6. The van der Waals surface area contributed by atoms with Crippen LogP contribution < -0.4 is 0 Å². The van der Waals surface area contributed by atoms with E-state index in [0.29, 0.717) is 6.42 Å². The van der Waals surface area contributed by atoms with Gasteiger partial charge in [-0.1, -0.05) is 5.92 Å². The number of sulfone groups is 1. The van der Waals surface area contributed by atoms with E-state index >= 15 is 0 Å². The van der Waals surface area contributed by atoms with Crippen LogP contribution in [0.25, 0.3) is 0 Å². The van der Waals surface area contributed by atoms with Crippen molar-refractivity contribution >= 4 is 21.4 Å². The molecule has 0 atom stereocenters. The molecule has 7 heteroatoms. The lowest BCUT2D eigenvalue weighted by Crippen LogP contribution is -2.20. The van der Waals surface area contributed by atoms with Crippen LogP contribution in [0.15, 0.2) is 0 Å². The fraction of sp³-hybridized carbons (Fsp3) is 0.667. The summed E-state index contributed by atoms with van der Waals surface area (Å²) in [4.78, 5) is 0. The van der Waals surface area contributed by atoms with Crippen molar-refractivity contribution in [3.05, 3.63) is 0 Å². The molecule has 0 N–H and O–H groups in total. The Morgan fingerprint density at radius 1 is 1.31 bits per heavy atom. The van der Waals surface area contributed by atoms with E-state index < -0.39 is 15.3 Å². The van der Waals surface area contributed by atoms with Crippen LogP contribution in [-0.2, 0) is 9.84 Å². The third kappa shape index (κ3) is 4.39. The van der Waals surface area contributed by atoms with Gasteiger partial charge in [0.1, 0.15) is 0 Å². The van der Waals surface area contributed by atoms with Gasteiger partial charge in [-0.05, 0) is 6.42 Å². The summed E-state index contributed by atoms with van der Waals surface area (Å²) < 4.78 is 55.4. The maximum Gasteiger partial charge on any atom is 0.509 e. The Labute approximate surface area is 79.0 Å². The van der Waals surface area contributed by atoms with Gasteiger partial charge < -0.3 is 0 Å². The SMILES string of the molecule is O=S(=O)(C#CCCCCl)C(F)(F)F. The van der Waals surface area contributed by atoms with Crippen molar-refractivity contribution in [1.29, 1.82) is 0 Å². The van der Waals surface area contributed by atoms with Gasteiger partial charge in [-0.2, -0.15) is 13.2 Å². The number of halogens is 4. The summed E-state index contributed by atoms with van der Waals surface area (Å²) >= 11 is 5.20. The minimum atomic E-state index is -5.29. The Morgan fingerprint density at radius 3 is 2.23 bits per heavy atom. The highest BCUT2D eigenvalue weighted by molar-refractivity contribution is 7.96. The molecule has 0 rings (SSSR count). The summed E-state index contributed by atoms with van der Waals surface area (Å²) in [6.07, 6.45) is 0.404. The first kappa shape index (κ1) is 12.6. The number of unbranched alkanes of at least 4 members (excludes halogenated alkanes) is 1. The molecule has 0 aliphatic heterocycles. The van der Waals surface area contributed by atoms with Gasteiger partial charge in [-0.15, -0.1) is 11.6 Å². The zero-order valence-corrected chi connectivity index (χ0v) is 7.93. The molecule has 0 spiro atoms. The smallest absolute Gasteiger partial charge is 0.206 e. The lowest BCUT2D eigenvalue weighted by atomic mass is 10.4. The predicted molar refractivity (Wildman–Crippen MR) is 42.7 cm³/mol. The first-order valence-electron chi connectivity index (χ1n) is 3.18. The number of hydrogen-bond acceptors (Lipinski definition) is 2. The van der Waals surface area contributed by atoms with Crippen LogP contribution in [0.4, 0.5) is 13.2 Å². The fourth-order valence-corrected chi connectivity index (χ4v) is 0.901. The molecule has 0 amide bonds. The molecular weight excluding hydrogens is 229 g/mol. The van der Waals surface area contributed by atoms with Crippen molar-refractivity contribution < 1.29 is 21.6 Å². The van der Waals surface area contributed by atoms with Crippen molar-refractivity contribution in [3.8, 4) is 11.2 Å². The summed E-state index contributed by atoms with van der Waals surface area (Å²) in [7, 11) is -5.28. The lowest BCUT2D eigenvalue weighted by Gasteiger charge is -1.99. The minimum absolute atomic E-state index is 0.0405. The van der Waals surface area contributed by atoms with Gasteiger partial charge in [-0.3, -0.25) is 0 Å². The average Bonchev–Trinajstić information content (AvgIpc) is 1.96. The van der Waals surface area contributed by atoms with E-state index in [1.165, 1.54) is 5.25 Å². The predicted octanol–water partition coefficient (Wildman–Crippen LogP) is 1.90. The van der Waals surface area contributed by atoms with Crippen molar-refractivity contribution in [3.63, 3.8) is 0 Å². The highest BCUT2D eigenvalue weighted by Crippen LogP contribution is 2.22. The Morgan fingerprint density at radius 2 is 1.85 bits per heavy atom. The largest absolute Gasteiger partial charge is 0.509 e. The molecule has 0 aromatic carbocycles. The molecule has 0 unspecified atom stereocenters. The molecule has 0 aliphatic rings. The molecule has 0 saturated carbocycles. The van der Waals surface area contributed by atoms with Gasteiger partial charge >= 0.3 is 15.3 Å². The number of rotatable bonds is 2. The van der Waals surface area contributed by atoms with Crippen LogP contribution in [0.2, 0.25) is 0 Å². The van der Waals surface area contributed by atoms with E-state index in [9.17, 15) is 21.6 Å². The van der Waals surface area contributed by atoms with Crippen LogP contribution in [-0.4, -0.2) is 19.8 Å². The average molecular weight is 235 g/mol. The van der Waals surface area contributed by atoms with Crippen molar-refractivity contribution in [2.75, 3.05) is 5.88 Å². The Bertz CT molecular complexity index is 309. The van der Waals surface area contributed by atoms with Gasteiger partial charge in [-0.25, -0.2) is 8.42 Å². The molecule has 0 heterocycles. The fourth-order valence-electron chi connectivity index (χ4n) is 0.359. The second-order valence-corrected chi connectivity index (χ2v) is 4.07. The summed E-state index contributed by atoms with van der Waals surface area (Å²) in [5.41, 5.74) is -5.29. The zero-order chi connectivity index (χ0) is 10.5. The van der Waals surface area contributed by atoms with Crippen LogP contribution in [0, 0.1) is 11.2 Å². The van der Waals surface area contributed by atoms with Crippen LogP contribution >= 0.6 is 11.6 Å². The quantitative estimate of drug-likeness (QED) is 0.317. The second kappa shape index (κ2) is 4.72. The molecule has 0 bridgehead atoms. The Hall–Kier alpha value is -0.410. The molecule has 0 aromatic heterocycles. The van der Waals surface area contributed by atoms with Crippen LogP contribution in [0.1, 0.15) is 12.8 Å². The second-order valence-electron chi connectivity index (χ2n) is 2.02. The first-order valence-corrected chi connectivity index (χ1v) is 5.20. The monoisotopic (exact) mass is 234 g/mol. The molecule has 0 radical (unpaired) electrons. The van der Waals surface area contributed by atoms with Crippen LogP contribution in [0.3, 0.4) is 0 Å². The normalized spacial score (nSPS) is 12.0. The number of alkyl halides is 4. The molecule has 0 saturated heterocycles. The van der Waals surface area contributed by atoms with Gasteiger partial charge in [0.15, 0.2) is 0 Å². The molecule has 0 fully saturated rings. The maximum absolute atomic E-state index is 11.6. The van der Waals surface area contributed by atoms with Gasteiger partial charge in [0.2, 0.25) is 0 Å². The van der Waals surface area contributed by atoms with E-state index in [2.05, 4.69) is 0 Å². The molecular formula is C6H6ClF3O2S. The number of hydrogen-bond donors (Lipinski definition) is 0. The Kier molecular flexibility index (Phi) is 4.57. The third-order valence-electron chi connectivity index (χ3n) is 0.947. The van der Waals surface area contributed by atoms with E-state index in [4.69, 9.17) is 11.6 Å². The van der Waals surface area contributed by atoms with E-state index in [0.717, 1.165) is 0 Å². The molecule has 13 heavy (non-hydrogen) atoms.